The van der Waals surface area contributed by atoms with Gasteiger partial charge in [-0.3, -0.25) is 10.1 Å². The summed E-state index contributed by atoms with van der Waals surface area (Å²) in [5.74, 6) is 1.11. The van der Waals surface area contributed by atoms with Gasteiger partial charge in [0.15, 0.2) is 0 Å². The number of hydrogen-bond acceptors (Lipinski definition) is 7. The van der Waals surface area contributed by atoms with Crippen LogP contribution in [-0.2, 0) is 0 Å². The van der Waals surface area contributed by atoms with Gasteiger partial charge in [-0.05, 0) is 61.0 Å². The predicted octanol–water partition coefficient (Wildman–Crippen LogP) is 5.73. The van der Waals surface area contributed by atoms with E-state index in [1.165, 1.54) is 0 Å². The summed E-state index contributed by atoms with van der Waals surface area (Å²) in [5, 5.41) is 20.0. The van der Waals surface area contributed by atoms with Crippen molar-refractivity contribution in [1.29, 1.82) is 0 Å². The Morgan fingerprint density at radius 2 is 1.65 bits per heavy atom. The fourth-order valence-electron chi connectivity index (χ4n) is 3.26. The molecule has 156 valence electrons. The largest absolute Gasteiger partial charge is 0.494 e. The highest BCUT2D eigenvalue weighted by Crippen LogP contribution is 2.31. The number of aromatic nitrogens is 2. The van der Waals surface area contributed by atoms with E-state index in [0.717, 1.165) is 22.2 Å². The van der Waals surface area contributed by atoms with Crippen LogP contribution in [0.1, 0.15) is 12.6 Å². The van der Waals surface area contributed by atoms with E-state index in [0.29, 0.717) is 12.3 Å². The lowest BCUT2D eigenvalue weighted by Gasteiger charge is -2.12. The first-order valence-electron chi connectivity index (χ1n) is 9.82. The van der Waals surface area contributed by atoms with Crippen LogP contribution in [0.15, 0.2) is 66.7 Å². The number of aryl methyl sites for hydroxylation is 1. The fourth-order valence-corrected chi connectivity index (χ4v) is 3.26. The van der Waals surface area contributed by atoms with E-state index in [1.807, 2.05) is 49.4 Å². The van der Waals surface area contributed by atoms with E-state index < -0.39 is 4.92 Å². The molecule has 8 nitrogen and oxygen atoms in total. The molecule has 1 heterocycles. The number of nitrogens with zero attached hydrogens (tertiary/aromatic N) is 3. The molecule has 0 unspecified atom stereocenters. The summed E-state index contributed by atoms with van der Waals surface area (Å²) in [6.45, 7) is 4.06. The summed E-state index contributed by atoms with van der Waals surface area (Å²) in [5.41, 5.74) is 1.54. The lowest BCUT2D eigenvalue weighted by molar-refractivity contribution is -0.385. The van der Waals surface area contributed by atoms with Crippen molar-refractivity contribution in [2.24, 2.45) is 0 Å². The Bertz CT molecular complexity index is 1240. The van der Waals surface area contributed by atoms with Gasteiger partial charge in [0.05, 0.1) is 11.5 Å². The minimum Gasteiger partial charge on any atom is -0.494 e. The van der Waals surface area contributed by atoms with Gasteiger partial charge in [-0.15, -0.1) is 0 Å². The second-order valence-electron chi connectivity index (χ2n) is 6.86. The molecule has 0 radical (unpaired) electrons. The molecular weight excluding hydrogens is 394 g/mol. The SMILES string of the molecule is CCOc1ccc(Nc2nc(Nc3ccc4ccccc4c3)nc(C)c2[N+](=O)[O-])cc1. The van der Waals surface area contributed by atoms with Gasteiger partial charge in [0.1, 0.15) is 11.4 Å². The molecule has 1 aromatic heterocycles. The summed E-state index contributed by atoms with van der Waals surface area (Å²) in [4.78, 5) is 19.8. The summed E-state index contributed by atoms with van der Waals surface area (Å²) < 4.78 is 5.44. The molecule has 0 atom stereocenters. The Hall–Kier alpha value is -4.20. The monoisotopic (exact) mass is 415 g/mol. The van der Waals surface area contributed by atoms with Gasteiger partial charge in [-0.25, -0.2) is 4.98 Å². The molecule has 8 heteroatoms. The van der Waals surface area contributed by atoms with Gasteiger partial charge < -0.3 is 15.4 Å². The Balaban J connectivity index is 1.65. The van der Waals surface area contributed by atoms with Gasteiger partial charge in [0, 0.05) is 11.4 Å². The molecule has 0 amide bonds. The maximum atomic E-state index is 11.6. The average Bonchev–Trinajstić information content (AvgIpc) is 2.75. The van der Waals surface area contributed by atoms with E-state index in [9.17, 15) is 10.1 Å². The molecule has 0 bridgehead atoms. The maximum Gasteiger partial charge on any atom is 0.332 e. The van der Waals surface area contributed by atoms with Gasteiger partial charge in [0.25, 0.3) is 0 Å². The highest BCUT2D eigenvalue weighted by Gasteiger charge is 2.22. The van der Waals surface area contributed by atoms with Gasteiger partial charge >= 0.3 is 5.69 Å². The van der Waals surface area contributed by atoms with Crippen molar-refractivity contribution < 1.29 is 9.66 Å². The van der Waals surface area contributed by atoms with Crippen LogP contribution in [0.2, 0.25) is 0 Å². The molecule has 2 N–H and O–H groups in total. The standard InChI is InChI=1S/C23H21N5O3/c1-3-31-20-12-10-18(11-13-20)25-22-21(28(29)30)15(2)24-23(27-22)26-19-9-8-16-6-4-5-7-17(16)14-19/h4-14H,3H2,1-2H3,(H2,24,25,26,27). The van der Waals surface area contributed by atoms with Crippen LogP contribution in [0.3, 0.4) is 0 Å². The molecule has 3 aromatic carbocycles. The zero-order chi connectivity index (χ0) is 21.8. The highest BCUT2D eigenvalue weighted by molar-refractivity contribution is 5.86. The Labute approximate surface area is 179 Å². The number of ether oxygens (including phenoxy) is 1. The number of benzene rings is 3. The van der Waals surface area contributed by atoms with Crippen LogP contribution in [-0.4, -0.2) is 21.5 Å². The van der Waals surface area contributed by atoms with Crippen molar-refractivity contribution in [3.8, 4) is 5.75 Å². The molecule has 0 spiro atoms. The third-order valence-corrected chi connectivity index (χ3v) is 4.67. The van der Waals surface area contributed by atoms with Gasteiger partial charge in [-0.1, -0.05) is 30.3 Å². The topological polar surface area (TPSA) is 102 Å². The summed E-state index contributed by atoms with van der Waals surface area (Å²) in [6, 6.07) is 21.0. The lowest BCUT2D eigenvalue weighted by atomic mass is 10.1. The van der Waals surface area contributed by atoms with E-state index in [2.05, 4.69) is 20.6 Å². The first-order chi connectivity index (χ1) is 15.0. The molecule has 31 heavy (non-hydrogen) atoms. The molecule has 0 saturated heterocycles. The van der Waals surface area contributed by atoms with Crippen molar-refractivity contribution >= 4 is 39.6 Å². The van der Waals surface area contributed by atoms with E-state index in [1.54, 1.807) is 31.2 Å². The minimum absolute atomic E-state index is 0.116. The number of rotatable bonds is 7. The van der Waals surface area contributed by atoms with Gasteiger partial charge in [0.2, 0.25) is 11.8 Å². The molecule has 4 rings (SSSR count). The lowest BCUT2D eigenvalue weighted by Crippen LogP contribution is -2.07. The summed E-state index contributed by atoms with van der Waals surface area (Å²) in [7, 11) is 0. The smallest absolute Gasteiger partial charge is 0.332 e. The van der Waals surface area contributed by atoms with Crippen LogP contribution in [0.4, 0.5) is 28.8 Å². The number of nitrogens with one attached hydrogen (secondary N) is 2. The molecule has 0 fully saturated rings. The quantitative estimate of drug-likeness (QED) is 0.293. The van der Waals surface area contributed by atoms with Gasteiger partial charge in [-0.2, -0.15) is 4.98 Å². The molecule has 4 aromatic rings. The van der Waals surface area contributed by atoms with Crippen molar-refractivity contribution in [3.05, 3.63) is 82.5 Å². The first-order valence-corrected chi connectivity index (χ1v) is 9.82. The van der Waals surface area contributed by atoms with Crippen molar-refractivity contribution in [3.63, 3.8) is 0 Å². The Morgan fingerprint density at radius 3 is 2.35 bits per heavy atom. The Morgan fingerprint density at radius 1 is 0.935 bits per heavy atom. The van der Waals surface area contributed by atoms with Crippen LogP contribution in [0.25, 0.3) is 10.8 Å². The molecule has 0 saturated carbocycles. The third-order valence-electron chi connectivity index (χ3n) is 4.67. The summed E-state index contributed by atoms with van der Waals surface area (Å²) in [6.07, 6.45) is 0. The molecular formula is C23H21N5O3. The number of anilines is 4. The first kappa shape index (κ1) is 20.1. The van der Waals surface area contributed by atoms with Crippen molar-refractivity contribution in [1.82, 2.24) is 9.97 Å². The van der Waals surface area contributed by atoms with Crippen LogP contribution in [0.5, 0.6) is 5.75 Å². The molecule has 0 aliphatic heterocycles. The zero-order valence-electron chi connectivity index (χ0n) is 17.1. The molecule has 0 aliphatic carbocycles. The summed E-state index contributed by atoms with van der Waals surface area (Å²) >= 11 is 0. The fraction of sp³-hybridized carbons (Fsp3) is 0.130. The number of nitro groups is 1. The molecule has 0 aliphatic rings. The maximum absolute atomic E-state index is 11.6. The van der Waals surface area contributed by atoms with E-state index in [4.69, 9.17) is 4.74 Å². The van der Waals surface area contributed by atoms with E-state index >= 15 is 0 Å². The second-order valence-corrected chi connectivity index (χ2v) is 6.86. The Kier molecular flexibility index (Phi) is 5.61. The highest BCUT2D eigenvalue weighted by atomic mass is 16.6. The third kappa shape index (κ3) is 4.53. The van der Waals surface area contributed by atoms with Crippen molar-refractivity contribution in [2.45, 2.75) is 13.8 Å². The predicted molar refractivity (Wildman–Crippen MR) is 122 cm³/mol. The normalized spacial score (nSPS) is 10.6. The van der Waals surface area contributed by atoms with Crippen LogP contribution in [0, 0.1) is 17.0 Å². The minimum atomic E-state index is -0.480. The zero-order valence-corrected chi connectivity index (χ0v) is 17.1. The second kappa shape index (κ2) is 8.66. The van der Waals surface area contributed by atoms with Crippen molar-refractivity contribution in [2.75, 3.05) is 17.2 Å². The van der Waals surface area contributed by atoms with Crippen LogP contribution < -0.4 is 15.4 Å². The number of fused-ring (bicyclic) bond motifs is 1. The van der Waals surface area contributed by atoms with Crippen LogP contribution >= 0.6 is 0 Å². The average molecular weight is 415 g/mol. The number of hydrogen-bond donors (Lipinski definition) is 2. The van der Waals surface area contributed by atoms with E-state index in [-0.39, 0.29) is 23.1 Å².